The van der Waals surface area contributed by atoms with Crippen LogP contribution in [0.3, 0.4) is 0 Å². The van der Waals surface area contributed by atoms with E-state index in [9.17, 15) is 5.11 Å². The Morgan fingerprint density at radius 2 is 2.38 bits per heavy atom. The van der Waals surface area contributed by atoms with Gasteiger partial charge in [-0.25, -0.2) is 0 Å². The van der Waals surface area contributed by atoms with Crippen molar-refractivity contribution < 1.29 is 5.11 Å². The molecule has 0 radical (unpaired) electrons. The zero-order valence-electron chi connectivity index (χ0n) is 7.73. The summed E-state index contributed by atoms with van der Waals surface area (Å²) in [5, 5.41) is 13.9. The van der Waals surface area contributed by atoms with Gasteiger partial charge in [-0.1, -0.05) is 24.3 Å². The van der Waals surface area contributed by atoms with Crippen LogP contribution >= 0.6 is 11.5 Å². The van der Waals surface area contributed by atoms with E-state index in [1.807, 2.05) is 6.92 Å². The third-order valence-corrected chi connectivity index (χ3v) is 3.34. The Hall–Kier alpha value is -0.480. The quantitative estimate of drug-likeness (QED) is 0.804. The second-order valence-corrected chi connectivity index (χ2v) is 4.42. The molecule has 1 unspecified atom stereocenters. The lowest BCUT2D eigenvalue weighted by atomic mass is 10.1. The summed E-state index contributed by atoms with van der Waals surface area (Å²) in [6.07, 6.45) is 4.02. The zero-order valence-corrected chi connectivity index (χ0v) is 8.55. The predicted molar refractivity (Wildman–Crippen MR) is 51.6 cm³/mol. The van der Waals surface area contributed by atoms with Crippen LogP contribution in [0.5, 0.6) is 0 Å². The number of rotatable bonds is 4. The molecule has 1 aliphatic rings. The number of hydrogen-bond acceptors (Lipinski definition) is 4. The van der Waals surface area contributed by atoms with Crippen LogP contribution < -0.4 is 0 Å². The maximum atomic E-state index is 9.86. The smallest absolute Gasteiger partial charge is 0.0919 e. The van der Waals surface area contributed by atoms with Crippen molar-refractivity contribution in [3.8, 4) is 0 Å². The van der Waals surface area contributed by atoms with Gasteiger partial charge in [0.05, 0.1) is 16.7 Å². The highest BCUT2D eigenvalue weighted by atomic mass is 32.1. The molecule has 0 aromatic carbocycles. The van der Waals surface area contributed by atoms with Crippen LogP contribution in [0.4, 0.5) is 0 Å². The molecule has 0 spiro atoms. The van der Waals surface area contributed by atoms with Crippen molar-refractivity contribution in [3.63, 3.8) is 0 Å². The van der Waals surface area contributed by atoms with Crippen molar-refractivity contribution >= 4 is 11.5 Å². The lowest BCUT2D eigenvalue weighted by Gasteiger charge is -2.07. The van der Waals surface area contributed by atoms with Gasteiger partial charge in [-0.05, 0) is 30.3 Å². The zero-order chi connectivity index (χ0) is 9.26. The first-order valence-electron chi connectivity index (χ1n) is 4.80. The fourth-order valence-electron chi connectivity index (χ4n) is 1.49. The maximum Gasteiger partial charge on any atom is 0.0919 e. The molecule has 1 fully saturated rings. The highest BCUT2D eigenvalue weighted by Gasteiger charge is 2.27. The van der Waals surface area contributed by atoms with Crippen LogP contribution in [0.1, 0.15) is 42.9 Å². The normalized spacial score (nSPS) is 18.9. The first-order chi connectivity index (χ1) is 6.31. The van der Waals surface area contributed by atoms with Gasteiger partial charge in [0.1, 0.15) is 0 Å². The molecule has 1 saturated carbocycles. The molecule has 3 nitrogen and oxygen atoms in total. The fourth-order valence-corrected chi connectivity index (χ4v) is 2.23. The molecular formula is C9H14N2OS. The molecule has 1 aliphatic carbocycles. The van der Waals surface area contributed by atoms with Crippen LogP contribution in [0.2, 0.25) is 0 Å². The minimum atomic E-state index is -0.317. The van der Waals surface area contributed by atoms with Crippen LogP contribution in [-0.4, -0.2) is 14.7 Å². The molecule has 0 amide bonds. The summed E-state index contributed by atoms with van der Waals surface area (Å²) in [5.41, 5.74) is 0.971. The second kappa shape index (κ2) is 3.72. The standard InChI is InChI=1S/C9H14N2OS/c1-2-7-9(13-11-10-7)8(12)5-6-3-4-6/h6,8,12H,2-5H2,1H3. The molecule has 1 aromatic heterocycles. The molecule has 72 valence electrons. The molecule has 2 rings (SSSR count). The summed E-state index contributed by atoms with van der Waals surface area (Å²) in [5.74, 6) is 0.752. The largest absolute Gasteiger partial charge is 0.387 e. The Bertz CT molecular complexity index is 283. The number of nitrogens with zero attached hydrogens (tertiary/aromatic N) is 2. The number of aryl methyl sites for hydroxylation is 1. The monoisotopic (exact) mass is 198 g/mol. The first-order valence-corrected chi connectivity index (χ1v) is 5.57. The summed E-state index contributed by atoms with van der Waals surface area (Å²) in [6.45, 7) is 2.05. The van der Waals surface area contributed by atoms with Gasteiger partial charge in [0.2, 0.25) is 0 Å². The van der Waals surface area contributed by atoms with E-state index in [0.717, 1.165) is 29.3 Å². The Labute approximate surface area is 82.0 Å². The molecule has 13 heavy (non-hydrogen) atoms. The van der Waals surface area contributed by atoms with Crippen LogP contribution in [0.25, 0.3) is 0 Å². The molecule has 4 heteroatoms. The third kappa shape index (κ3) is 2.06. The van der Waals surface area contributed by atoms with Crippen molar-refractivity contribution in [1.82, 2.24) is 9.59 Å². The van der Waals surface area contributed by atoms with Gasteiger partial charge in [0.25, 0.3) is 0 Å². The van der Waals surface area contributed by atoms with Gasteiger partial charge in [-0.2, -0.15) is 0 Å². The van der Waals surface area contributed by atoms with Crippen molar-refractivity contribution in [1.29, 1.82) is 0 Å². The van der Waals surface area contributed by atoms with Gasteiger partial charge in [0, 0.05) is 0 Å². The Balaban J connectivity index is 2.04. The lowest BCUT2D eigenvalue weighted by molar-refractivity contribution is 0.163. The minimum absolute atomic E-state index is 0.317. The first kappa shape index (κ1) is 9.09. The van der Waals surface area contributed by atoms with Crippen LogP contribution in [0.15, 0.2) is 0 Å². The van der Waals surface area contributed by atoms with E-state index in [-0.39, 0.29) is 6.10 Å². The number of aliphatic hydroxyl groups excluding tert-OH is 1. The van der Waals surface area contributed by atoms with Crippen molar-refractivity contribution in [2.75, 3.05) is 0 Å². The third-order valence-electron chi connectivity index (χ3n) is 2.48. The summed E-state index contributed by atoms with van der Waals surface area (Å²) in [7, 11) is 0. The SMILES string of the molecule is CCc1nnsc1C(O)CC1CC1. The lowest BCUT2D eigenvalue weighted by Crippen LogP contribution is -1.99. The van der Waals surface area contributed by atoms with E-state index >= 15 is 0 Å². The van der Waals surface area contributed by atoms with Crippen molar-refractivity contribution in [2.45, 2.75) is 38.7 Å². The molecule has 1 atom stereocenters. The van der Waals surface area contributed by atoms with Gasteiger partial charge in [-0.3, -0.25) is 0 Å². The number of aliphatic hydroxyl groups is 1. The van der Waals surface area contributed by atoms with Crippen molar-refractivity contribution in [2.24, 2.45) is 5.92 Å². The molecular weight excluding hydrogens is 184 g/mol. The van der Waals surface area contributed by atoms with Crippen molar-refractivity contribution in [3.05, 3.63) is 10.6 Å². The van der Waals surface area contributed by atoms with E-state index in [1.165, 1.54) is 24.4 Å². The van der Waals surface area contributed by atoms with Gasteiger partial charge in [-0.15, -0.1) is 5.10 Å². The predicted octanol–water partition coefficient (Wildman–Crippen LogP) is 1.93. The minimum Gasteiger partial charge on any atom is -0.387 e. The molecule has 1 N–H and O–H groups in total. The molecule has 0 bridgehead atoms. The summed E-state index contributed by atoms with van der Waals surface area (Å²) >= 11 is 1.34. The Kier molecular flexibility index (Phi) is 2.60. The van der Waals surface area contributed by atoms with E-state index < -0.39 is 0 Å². The highest BCUT2D eigenvalue weighted by Crippen LogP contribution is 2.38. The van der Waals surface area contributed by atoms with Gasteiger partial charge >= 0.3 is 0 Å². The summed E-state index contributed by atoms with van der Waals surface area (Å²) in [6, 6.07) is 0. The average molecular weight is 198 g/mol. The maximum absolute atomic E-state index is 9.86. The van der Waals surface area contributed by atoms with Gasteiger partial charge < -0.3 is 5.11 Å². The topological polar surface area (TPSA) is 46.0 Å². The van der Waals surface area contributed by atoms with Crippen LogP contribution in [0, 0.1) is 5.92 Å². The Morgan fingerprint density at radius 3 is 3.00 bits per heavy atom. The molecule has 0 aliphatic heterocycles. The molecule has 1 heterocycles. The highest BCUT2D eigenvalue weighted by molar-refractivity contribution is 7.05. The fraction of sp³-hybridized carbons (Fsp3) is 0.778. The molecule has 1 aromatic rings. The molecule has 0 saturated heterocycles. The summed E-state index contributed by atoms with van der Waals surface area (Å²) < 4.78 is 3.87. The second-order valence-electron chi connectivity index (χ2n) is 3.63. The van der Waals surface area contributed by atoms with E-state index in [4.69, 9.17) is 0 Å². The van der Waals surface area contributed by atoms with Gasteiger partial charge in [0.15, 0.2) is 0 Å². The van der Waals surface area contributed by atoms with E-state index in [2.05, 4.69) is 9.59 Å². The number of hydrogen-bond donors (Lipinski definition) is 1. The number of aromatic nitrogens is 2. The average Bonchev–Trinajstić information content (AvgIpc) is 2.82. The van der Waals surface area contributed by atoms with Crippen LogP contribution in [-0.2, 0) is 6.42 Å². The van der Waals surface area contributed by atoms with E-state index in [1.54, 1.807) is 0 Å². The van der Waals surface area contributed by atoms with E-state index in [0.29, 0.717) is 0 Å². The Morgan fingerprint density at radius 1 is 1.62 bits per heavy atom. The summed E-state index contributed by atoms with van der Waals surface area (Å²) in [4.78, 5) is 0.981.